The highest BCUT2D eigenvalue weighted by atomic mass is 32.2. The second-order valence-electron chi connectivity index (χ2n) is 9.53. The van der Waals surface area contributed by atoms with E-state index in [1.54, 1.807) is 12.1 Å². The van der Waals surface area contributed by atoms with Gasteiger partial charge in [-0.25, -0.2) is 14.3 Å². The summed E-state index contributed by atoms with van der Waals surface area (Å²) in [5, 5.41) is 5.56. The van der Waals surface area contributed by atoms with Gasteiger partial charge in [0.1, 0.15) is 17.7 Å². The maximum atomic E-state index is 13.6. The van der Waals surface area contributed by atoms with Crippen molar-refractivity contribution >= 4 is 51.9 Å². The van der Waals surface area contributed by atoms with E-state index in [9.17, 15) is 18.8 Å². The van der Waals surface area contributed by atoms with E-state index in [1.807, 2.05) is 62.4 Å². The van der Waals surface area contributed by atoms with Crippen LogP contribution in [0.2, 0.25) is 0 Å². The SMILES string of the molecule is CC[C@@H](SC1=Nc2ccccc2C2=N[C@@H](CC(=O)NCc3ccc(F)cc3)C(=O)N12)C(=O)Nc1cccc(C)c1. The Morgan fingerprint density at radius 3 is 2.60 bits per heavy atom. The van der Waals surface area contributed by atoms with Crippen molar-refractivity contribution in [2.45, 2.75) is 44.5 Å². The molecule has 10 heteroatoms. The molecule has 0 bridgehead atoms. The summed E-state index contributed by atoms with van der Waals surface area (Å²) in [5.41, 5.74) is 3.80. The van der Waals surface area contributed by atoms with E-state index in [1.165, 1.54) is 28.8 Å². The van der Waals surface area contributed by atoms with Gasteiger partial charge in [-0.05, 0) is 60.9 Å². The normalized spacial score (nSPS) is 16.4. The lowest BCUT2D eigenvalue weighted by atomic mass is 10.1. The molecule has 0 unspecified atom stereocenters. The third kappa shape index (κ3) is 5.96. The number of fused-ring (bicyclic) bond motifs is 3. The molecule has 2 aliphatic heterocycles. The molecule has 2 aliphatic rings. The minimum Gasteiger partial charge on any atom is -0.352 e. The van der Waals surface area contributed by atoms with Crippen molar-refractivity contribution in [1.82, 2.24) is 10.2 Å². The van der Waals surface area contributed by atoms with Crippen molar-refractivity contribution < 1.29 is 18.8 Å². The van der Waals surface area contributed by atoms with Gasteiger partial charge in [-0.15, -0.1) is 0 Å². The molecule has 2 atom stereocenters. The van der Waals surface area contributed by atoms with Crippen molar-refractivity contribution in [3.8, 4) is 0 Å². The van der Waals surface area contributed by atoms with Crippen LogP contribution >= 0.6 is 11.8 Å². The fraction of sp³-hybridized carbons (Fsp3) is 0.233. The Morgan fingerprint density at radius 2 is 1.85 bits per heavy atom. The van der Waals surface area contributed by atoms with Gasteiger partial charge in [0, 0.05) is 17.8 Å². The molecule has 204 valence electrons. The standard InChI is InChI=1S/C30H28FN5O3S/c1-3-25(28(38)33-21-8-6-7-18(2)15-21)40-30-35-23-10-5-4-9-22(23)27-34-24(29(39)36(27)30)16-26(37)32-17-19-11-13-20(31)14-12-19/h4-15,24-25H,3,16-17H2,1-2H3,(H,32,37)(H,33,38)/t24-,25+/m0/s1. The zero-order valence-electron chi connectivity index (χ0n) is 22.1. The minimum absolute atomic E-state index is 0.148. The summed E-state index contributed by atoms with van der Waals surface area (Å²) in [6.07, 6.45) is 0.359. The van der Waals surface area contributed by atoms with Gasteiger partial charge in [0.05, 0.1) is 17.4 Å². The van der Waals surface area contributed by atoms with Crippen LogP contribution in [-0.4, -0.2) is 44.9 Å². The van der Waals surface area contributed by atoms with Gasteiger partial charge in [-0.1, -0.05) is 55.1 Å². The van der Waals surface area contributed by atoms with Crippen LogP contribution in [0.5, 0.6) is 0 Å². The van der Waals surface area contributed by atoms with Gasteiger partial charge < -0.3 is 10.6 Å². The molecule has 3 aromatic carbocycles. The number of nitrogens with zero attached hydrogens (tertiary/aromatic N) is 3. The molecule has 5 rings (SSSR count). The summed E-state index contributed by atoms with van der Waals surface area (Å²) in [6.45, 7) is 4.06. The number of amidine groups is 2. The lowest BCUT2D eigenvalue weighted by Gasteiger charge is -2.27. The van der Waals surface area contributed by atoms with Crippen LogP contribution in [0.15, 0.2) is 82.8 Å². The average Bonchev–Trinajstić information content (AvgIpc) is 3.27. The summed E-state index contributed by atoms with van der Waals surface area (Å²) < 4.78 is 13.2. The average molecular weight is 558 g/mol. The van der Waals surface area contributed by atoms with E-state index in [4.69, 9.17) is 4.99 Å². The number of amides is 3. The summed E-state index contributed by atoms with van der Waals surface area (Å²) >= 11 is 1.20. The van der Waals surface area contributed by atoms with Crippen molar-refractivity contribution in [1.29, 1.82) is 0 Å². The smallest absolute Gasteiger partial charge is 0.259 e. The summed E-state index contributed by atoms with van der Waals surface area (Å²) in [4.78, 5) is 50.2. The van der Waals surface area contributed by atoms with Crippen molar-refractivity contribution in [2.24, 2.45) is 9.98 Å². The molecule has 8 nitrogen and oxygen atoms in total. The van der Waals surface area contributed by atoms with E-state index in [0.29, 0.717) is 34.4 Å². The van der Waals surface area contributed by atoms with E-state index >= 15 is 0 Å². The lowest BCUT2D eigenvalue weighted by molar-refractivity contribution is -0.128. The van der Waals surface area contributed by atoms with Gasteiger partial charge in [-0.3, -0.25) is 19.4 Å². The molecule has 0 aromatic heterocycles. The van der Waals surface area contributed by atoms with Crippen LogP contribution in [0.25, 0.3) is 0 Å². The molecule has 0 fully saturated rings. The third-order valence-corrected chi connectivity index (χ3v) is 7.84. The van der Waals surface area contributed by atoms with Crippen molar-refractivity contribution in [2.75, 3.05) is 5.32 Å². The number of nitrogens with one attached hydrogen (secondary N) is 2. The van der Waals surface area contributed by atoms with Crippen LogP contribution in [0.3, 0.4) is 0 Å². The molecule has 40 heavy (non-hydrogen) atoms. The fourth-order valence-corrected chi connectivity index (χ4v) is 5.48. The van der Waals surface area contributed by atoms with Crippen LogP contribution in [0.4, 0.5) is 15.8 Å². The van der Waals surface area contributed by atoms with Crippen molar-refractivity contribution in [3.05, 3.63) is 95.3 Å². The Hall–Kier alpha value is -4.31. The second-order valence-corrected chi connectivity index (χ2v) is 10.7. The molecule has 3 amide bonds. The summed E-state index contributed by atoms with van der Waals surface area (Å²) in [5.74, 6) is -0.852. The van der Waals surface area contributed by atoms with Gasteiger partial charge in [0.25, 0.3) is 5.91 Å². The summed E-state index contributed by atoms with van der Waals surface area (Å²) in [7, 11) is 0. The van der Waals surface area contributed by atoms with Crippen molar-refractivity contribution in [3.63, 3.8) is 0 Å². The first-order chi connectivity index (χ1) is 19.3. The molecular weight excluding hydrogens is 529 g/mol. The predicted octanol–water partition coefficient (Wildman–Crippen LogP) is 4.95. The number of hydrogen-bond acceptors (Lipinski definition) is 6. The zero-order chi connectivity index (χ0) is 28.2. The molecule has 3 aromatic rings. The van der Waals surface area contributed by atoms with E-state index in [-0.39, 0.29) is 36.5 Å². The minimum atomic E-state index is -0.929. The number of thioether (sulfide) groups is 1. The first-order valence-corrected chi connectivity index (χ1v) is 13.9. The highest BCUT2D eigenvalue weighted by Crippen LogP contribution is 2.36. The van der Waals surface area contributed by atoms with Gasteiger partial charge in [-0.2, -0.15) is 0 Å². The largest absolute Gasteiger partial charge is 0.352 e. The molecule has 0 spiro atoms. The maximum Gasteiger partial charge on any atom is 0.259 e. The third-order valence-electron chi connectivity index (χ3n) is 6.53. The second kappa shape index (κ2) is 11.8. The topological polar surface area (TPSA) is 103 Å². The number of para-hydroxylation sites is 1. The Kier molecular flexibility index (Phi) is 8.06. The number of carbonyl (C=O) groups is 3. The number of halogens is 1. The molecule has 0 radical (unpaired) electrons. The van der Waals surface area contributed by atoms with Gasteiger partial charge >= 0.3 is 0 Å². The number of aliphatic imine (C=N–C) groups is 2. The monoisotopic (exact) mass is 557 g/mol. The predicted molar refractivity (Wildman–Crippen MR) is 155 cm³/mol. The molecular formula is C30H28FN5O3S. The molecule has 2 heterocycles. The Morgan fingerprint density at radius 1 is 1.07 bits per heavy atom. The number of carbonyl (C=O) groups excluding carboxylic acids is 3. The molecule has 0 saturated heterocycles. The highest BCUT2D eigenvalue weighted by Gasteiger charge is 2.43. The highest BCUT2D eigenvalue weighted by molar-refractivity contribution is 8.15. The lowest BCUT2D eigenvalue weighted by Crippen LogP contribution is -2.43. The number of aryl methyl sites for hydroxylation is 1. The number of rotatable bonds is 8. The van der Waals surface area contributed by atoms with Crippen LogP contribution in [0, 0.1) is 12.7 Å². The van der Waals surface area contributed by atoms with Crippen LogP contribution in [0.1, 0.15) is 36.5 Å². The first-order valence-electron chi connectivity index (χ1n) is 13.0. The van der Waals surface area contributed by atoms with E-state index in [0.717, 1.165) is 11.1 Å². The van der Waals surface area contributed by atoms with Crippen LogP contribution in [-0.2, 0) is 20.9 Å². The number of benzene rings is 3. The quantitative estimate of drug-likeness (QED) is 0.409. The Labute approximate surface area is 235 Å². The fourth-order valence-electron chi connectivity index (χ4n) is 4.46. The Bertz CT molecular complexity index is 1520. The van der Waals surface area contributed by atoms with Crippen LogP contribution < -0.4 is 10.6 Å². The first kappa shape index (κ1) is 27.3. The van der Waals surface area contributed by atoms with Gasteiger partial charge in [0.15, 0.2) is 5.17 Å². The number of hydrogen-bond donors (Lipinski definition) is 2. The van der Waals surface area contributed by atoms with Gasteiger partial charge in [0.2, 0.25) is 11.8 Å². The Balaban J connectivity index is 1.32. The summed E-state index contributed by atoms with van der Waals surface area (Å²) in [6, 6.07) is 19.8. The van der Waals surface area contributed by atoms with E-state index < -0.39 is 11.3 Å². The number of anilines is 1. The molecule has 0 saturated carbocycles. The van der Waals surface area contributed by atoms with E-state index in [2.05, 4.69) is 15.6 Å². The zero-order valence-corrected chi connectivity index (χ0v) is 22.9. The molecule has 2 N–H and O–H groups in total. The maximum absolute atomic E-state index is 13.6. The molecule has 0 aliphatic carbocycles.